The molecule has 0 aliphatic rings. The van der Waals surface area contributed by atoms with Crippen molar-refractivity contribution < 1.29 is 4.79 Å². The van der Waals surface area contributed by atoms with Crippen LogP contribution in [0.25, 0.3) is 0 Å². The predicted octanol–water partition coefficient (Wildman–Crippen LogP) is 1.94. The van der Waals surface area contributed by atoms with Crippen molar-refractivity contribution in [3.8, 4) is 12.3 Å². The van der Waals surface area contributed by atoms with Crippen LogP contribution in [-0.4, -0.2) is 5.78 Å². The van der Waals surface area contributed by atoms with Gasteiger partial charge in [-0.25, -0.2) is 0 Å². The van der Waals surface area contributed by atoms with Crippen LogP contribution in [0, 0.1) is 12.3 Å². The number of carbonyl (C=O) groups is 1. The molecule has 0 fully saturated rings. The highest BCUT2D eigenvalue weighted by atomic mass is 16.1. The molecule has 0 saturated heterocycles. The number of carbonyl (C=O) groups excluding carboxylic acids is 1. The van der Waals surface area contributed by atoms with Crippen LogP contribution in [0.3, 0.4) is 0 Å². The summed E-state index contributed by atoms with van der Waals surface area (Å²) in [6, 6.07) is 0. The van der Waals surface area contributed by atoms with E-state index >= 15 is 0 Å². The maximum Gasteiger partial charge on any atom is 0.156 e. The molecule has 10 heavy (non-hydrogen) atoms. The average molecular weight is 136 g/mol. The van der Waals surface area contributed by atoms with Crippen molar-refractivity contribution in [3.63, 3.8) is 0 Å². The number of allylic oxidation sites excluding steroid dienone is 2. The van der Waals surface area contributed by atoms with Crippen molar-refractivity contribution >= 4 is 5.78 Å². The zero-order chi connectivity index (χ0) is 7.98. The quantitative estimate of drug-likeness (QED) is 0.428. The van der Waals surface area contributed by atoms with Crippen LogP contribution < -0.4 is 0 Å². The summed E-state index contributed by atoms with van der Waals surface area (Å²) in [7, 11) is 0. The summed E-state index contributed by atoms with van der Waals surface area (Å²) in [5.41, 5.74) is 1.03. The average Bonchev–Trinajstić information content (AvgIpc) is 1.82. The lowest BCUT2D eigenvalue weighted by Gasteiger charge is -1.89. The third-order valence-corrected chi connectivity index (χ3v) is 0.965. The Hall–Kier alpha value is -1.03. The number of terminal acetylenes is 1. The van der Waals surface area contributed by atoms with Gasteiger partial charge in [-0.15, -0.1) is 12.3 Å². The van der Waals surface area contributed by atoms with Gasteiger partial charge in [0.25, 0.3) is 0 Å². The van der Waals surface area contributed by atoms with E-state index in [0.717, 1.165) is 5.57 Å². The fourth-order valence-corrected chi connectivity index (χ4v) is 0.590. The molecule has 0 rings (SSSR count). The van der Waals surface area contributed by atoms with Gasteiger partial charge in [0, 0.05) is 12.8 Å². The fraction of sp³-hybridized carbons (Fsp3) is 0.444. The highest BCUT2D eigenvalue weighted by Gasteiger charge is 1.93. The Labute approximate surface area is 62.1 Å². The molecule has 0 radical (unpaired) electrons. The summed E-state index contributed by atoms with van der Waals surface area (Å²) in [6.45, 7) is 3.79. The van der Waals surface area contributed by atoms with Crippen molar-refractivity contribution in [2.24, 2.45) is 0 Å². The molecule has 0 saturated carbocycles. The molecule has 0 atom stereocenters. The van der Waals surface area contributed by atoms with Crippen molar-refractivity contribution in [1.29, 1.82) is 0 Å². The second-order valence-corrected chi connectivity index (χ2v) is 2.39. The molecule has 0 aromatic rings. The second-order valence-electron chi connectivity index (χ2n) is 2.39. The molecule has 1 heteroatoms. The van der Waals surface area contributed by atoms with E-state index in [1.54, 1.807) is 6.08 Å². The summed E-state index contributed by atoms with van der Waals surface area (Å²) in [5.74, 6) is 2.54. The van der Waals surface area contributed by atoms with Crippen LogP contribution in [0.15, 0.2) is 11.6 Å². The molecule has 0 heterocycles. The van der Waals surface area contributed by atoms with Gasteiger partial charge in [-0.2, -0.15) is 0 Å². The van der Waals surface area contributed by atoms with Gasteiger partial charge >= 0.3 is 0 Å². The SMILES string of the molecule is C#CCCC(=O)C=C(C)C. The molecular formula is C9H12O. The minimum atomic E-state index is 0.123. The monoisotopic (exact) mass is 136 g/mol. The molecule has 0 aromatic carbocycles. The van der Waals surface area contributed by atoms with E-state index in [9.17, 15) is 4.79 Å². The van der Waals surface area contributed by atoms with Crippen molar-refractivity contribution in [1.82, 2.24) is 0 Å². The van der Waals surface area contributed by atoms with Gasteiger partial charge in [0.1, 0.15) is 0 Å². The van der Waals surface area contributed by atoms with Gasteiger partial charge in [-0.1, -0.05) is 5.57 Å². The first-order valence-corrected chi connectivity index (χ1v) is 3.28. The van der Waals surface area contributed by atoms with Gasteiger partial charge in [0.2, 0.25) is 0 Å². The topological polar surface area (TPSA) is 17.1 Å². The van der Waals surface area contributed by atoms with Gasteiger partial charge in [0.15, 0.2) is 5.78 Å². The van der Waals surface area contributed by atoms with Crippen LogP contribution >= 0.6 is 0 Å². The van der Waals surface area contributed by atoms with Crippen LogP contribution in [0.5, 0.6) is 0 Å². The molecule has 0 amide bonds. The Morgan fingerprint density at radius 1 is 1.60 bits per heavy atom. The fourth-order valence-electron chi connectivity index (χ4n) is 0.590. The standard InChI is InChI=1S/C9H12O/c1-4-5-6-9(10)7-8(2)3/h1,7H,5-6H2,2-3H3. The molecule has 0 spiro atoms. The first-order valence-electron chi connectivity index (χ1n) is 3.28. The first kappa shape index (κ1) is 8.97. The third-order valence-electron chi connectivity index (χ3n) is 0.965. The maximum atomic E-state index is 10.8. The largest absolute Gasteiger partial charge is 0.295 e. The van der Waals surface area contributed by atoms with Crippen molar-refractivity contribution in [2.45, 2.75) is 26.7 Å². The first-order chi connectivity index (χ1) is 4.66. The molecule has 1 nitrogen and oxygen atoms in total. The molecule has 0 aromatic heterocycles. The minimum Gasteiger partial charge on any atom is -0.295 e. The molecule has 0 bridgehead atoms. The van der Waals surface area contributed by atoms with Crippen molar-refractivity contribution in [2.75, 3.05) is 0 Å². The summed E-state index contributed by atoms with van der Waals surface area (Å²) >= 11 is 0. The zero-order valence-electron chi connectivity index (χ0n) is 6.48. The smallest absolute Gasteiger partial charge is 0.156 e. The number of rotatable bonds is 3. The number of hydrogen-bond acceptors (Lipinski definition) is 1. The Kier molecular flexibility index (Phi) is 4.32. The normalized spacial score (nSPS) is 8.10. The van der Waals surface area contributed by atoms with E-state index < -0.39 is 0 Å². The van der Waals surface area contributed by atoms with E-state index in [1.165, 1.54) is 0 Å². The molecule has 54 valence electrons. The Bertz CT molecular complexity index is 177. The highest BCUT2D eigenvalue weighted by molar-refractivity contribution is 5.90. The Morgan fingerprint density at radius 3 is 2.60 bits per heavy atom. The van der Waals surface area contributed by atoms with E-state index in [2.05, 4.69) is 5.92 Å². The lowest BCUT2D eigenvalue weighted by atomic mass is 10.2. The summed E-state index contributed by atoms with van der Waals surface area (Å²) in [4.78, 5) is 10.8. The number of ketones is 1. The summed E-state index contributed by atoms with van der Waals surface area (Å²) in [6.07, 6.45) is 7.63. The second kappa shape index (κ2) is 4.81. The van der Waals surface area contributed by atoms with E-state index in [1.807, 2.05) is 13.8 Å². The summed E-state index contributed by atoms with van der Waals surface area (Å²) < 4.78 is 0. The van der Waals surface area contributed by atoms with Gasteiger partial charge in [0.05, 0.1) is 0 Å². The lowest BCUT2D eigenvalue weighted by Crippen LogP contribution is -1.91. The van der Waals surface area contributed by atoms with Crippen LogP contribution in [-0.2, 0) is 4.79 Å². The highest BCUT2D eigenvalue weighted by Crippen LogP contribution is 1.95. The minimum absolute atomic E-state index is 0.123. The predicted molar refractivity (Wildman–Crippen MR) is 42.5 cm³/mol. The number of hydrogen-bond donors (Lipinski definition) is 0. The van der Waals surface area contributed by atoms with Crippen LogP contribution in [0.1, 0.15) is 26.7 Å². The van der Waals surface area contributed by atoms with Crippen LogP contribution in [0.4, 0.5) is 0 Å². The molecule has 0 unspecified atom stereocenters. The Balaban J connectivity index is 3.68. The molecule has 0 N–H and O–H groups in total. The molecule has 0 aliphatic heterocycles. The van der Waals surface area contributed by atoms with Gasteiger partial charge in [-0.3, -0.25) is 4.79 Å². The van der Waals surface area contributed by atoms with E-state index in [4.69, 9.17) is 6.42 Å². The molecule has 0 aliphatic carbocycles. The summed E-state index contributed by atoms with van der Waals surface area (Å²) in [5, 5.41) is 0. The van der Waals surface area contributed by atoms with Gasteiger partial charge < -0.3 is 0 Å². The lowest BCUT2D eigenvalue weighted by molar-refractivity contribution is -0.114. The third kappa shape index (κ3) is 5.11. The zero-order valence-corrected chi connectivity index (χ0v) is 6.48. The van der Waals surface area contributed by atoms with E-state index in [0.29, 0.717) is 12.8 Å². The molecular weight excluding hydrogens is 124 g/mol. The van der Waals surface area contributed by atoms with Crippen LogP contribution in [0.2, 0.25) is 0 Å². The Morgan fingerprint density at radius 2 is 2.20 bits per heavy atom. The van der Waals surface area contributed by atoms with Crippen molar-refractivity contribution in [3.05, 3.63) is 11.6 Å². The van der Waals surface area contributed by atoms with E-state index in [-0.39, 0.29) is 5.78 Å². The maximum absolute atomic E-state index is 10.8. The van der Waals surface area contributed by atoms with Gasteiger partial charge in [-0.05, 0) is 19.9 Å².